The quantitative estimate of drug-likeness (QED) is 0.518. The van der Waals surface area contributed by atoms with E-state index in [2.05, 4.69) is 47.1 Å². The summed E-state index contributed by atoms with van der Waals surface area (Å²) in [5, 5.41) is 5.94. The number of hydrogen-bond donors (Lipinski definition) is 2. The number of para-hydroxylation sites is 2. The molecule has 0 aliphatic carbocycles. The Kier molecular flexibility index (Phi) is 6.99. The van der Waals surface area contributed by atoms with E-state index >= 15 is 0 Å². The number of ether oxygens (including phenoxy) is 1. The highest BCUT2D eigenvalue weighted by Crippen LogP contribution is 2.24. The summed E-state index contributed by atoms with van der Waals surface area (Å²) in [4.78, 5) is 12.2. The Morgan fingerprint density at radius 3 is 2.67 bits per heavy atom. The van der Waals surface area contributed by atoms with Crippen LogP contribution in [0.4, 0.5) is 5.69 Å². The fourth-order valence-electron chi connectivity index (χ4n) is 1.91. The summed E-state index contributed by atoms with van der Waals surface area (Å²) < 4.78 is 6.76. The van der Waals surface area contributed by atoms with Crippen LogP contribution < -0.4 is 15.4 Å². The molecule has 0 aromatic heterocycles. The van der Waals surface area contributed by atoms with Gasteiger partial charge < -0.3 is 10.1 Å². The standard InChI is InChI=1S/C18H19IN2O2S/c1-12(2)11-23-16-9-4-3-8-15(16)20-18(24)21-17(22)13-6-5-7-14(19)10-13/h3-10,12H,11H2,1-2H3,(H2,20,21,22,24). The number of nitrogens with one attached hydrogen (secondary N) is 2. The van der Waals surface area contributed by atoms with E-state index in [0.29, 0.717) is 23.8 Å². The van der Waals surface area contributed by atoms with Crippen molar-refractivity contribution < 1.29 is 9.53 Å². The van der Waals surface area contributed by atoms with Gasteiger partial charge in [-0.3, -0.25) is 10.1 Å². The van der Waals surface area contributed by atoms with E-state index in [9.17, 15) is 4.79 Å². The van der Waals surface area contributed by atoms with Crippen LogP contribution in [0.3, 0.4) is 0 Å². The molecule has 4 nitrogen and oxygen atoms in total. The normalized spacial score (nSPS) is 10.3. The van der Waals surface area contributed by atoms with Gasteiger partial charge in [0.2, 0.25) is 0 Å². The van der Waals surface area contributed by atoms with Crippen LogP contribution in [-0.4, -0.2) is 17.6 Å². The minimum Gasteiger partial charge on any atom is -0.491 e. The molecule has 0 heterocycles. The molecule has 0 aliphatic rings. The highest BCUT2D eigenvalue weighted by Gasteiger charge is 2.10. The van der Waals surface area contributed by atoms with E-state index in [1.165, 1.54) is 0 Å². The molecule has 0 radical (unpaired) electrons. The Balaban J connectivity index is 2.01. The first kappa shape index (κ1) is 18.7. The zero-order valence-electron chi connectivity index (χ0n) is 13.5. The molecule has 0 fully saturated rings. The highest BCUT2D eigenvalue weighted by atomic mass is 127. The topological polar surface area (TPSA) is 50.4 Å². The molecule has 1 amide bonds. The van der Waals surface area contributed by atoms with E-state index in [0.717, 1.165) is 9.26 Å². The minimum absolute atomic E-state index is 0.236. The number of anilines is 1. The summed E-state index contributed by atoms with van der Waals surface area (Å²) in [6, 6.07) is 14.8. The number of hydrogen-bond acceptors (Lipinski definition) is 3. The molecule has 2 aromatic carbocycles. The minimum atomic E-state index is -0.244. The lowest BCUT2D eigenvalue weighted by Crippen LogP contribution is -2.34. The van der Waals surface area contributed by atoms with Gasteiger partial charge in [0.15, 0.2) is 5.11 Å². The first-order chi connectivity index (χ1) is 11.5. The molecule has 2 aromatic rings. The number of rotatable bonds is 5. The van der Waals surface area contributed by atoms with Crippen LogP contribution in [0.15, 0.2) is 48.5 Å². The van der Waals surface area contributed by atoms with Gasteiger partial charge in [0.25, 0.3) is 5.91 Å². The smallest absolute Gasteiger partial charge is 0.257 e. The molecule has 2 rings (SSSR count). The van der Waals surface area contributed by atoms with Gasteiger partial charge in [-0.05, 0) is 71.1 Å². The lowest BCUT2D eigenvalue weighted by Gasteiger charge is -2.15. The van der Waals surface area contributed by atoms with Crippen molar-refractivity contribution >= 4 is 51.5 Å². The zero-order valence-corrected chi connectivity index (χ0v) is 16.5. The van der Waals surface area contributed by atoms with Crippen molar-refractivity contribution in [1.29, 1.82) is 0 Å². The van der Waals surface area contributed by atoms with Crippen molar-refractivity contribution in [3.05, 3.63) is 57.7 Å². The number of carbonyl (C=O) groups is 1. The summed E-state index contributed by atoms with van der Waals surface area (Å²) in [6.45, 7) is 4.78. The van der Waals surface area contributed by atoms with Gasteiger partial charge in [-0.25, -0.2) is 0 Å². The van der Waals surface area contributed by atoms with Crippen molar-refractivity contribution in [2.24, 2.45) is 5.92 Å². The lowest BCUT2D eigenvalue weighted by molar-refractivity contribution is 0.0977. The monoisotopic (exact) mass is 454 g/mol. The average Bonchev–Trinajstić information content (AvgIpc) is 2.53. The van der Waals surface area contributed by atoms with E-state index < -0.39 is 0 Å². The molecular weight excluding hydrogens is 435 g/mol. The average molecular weight is 454 g/mol. The maximum absolute atomic E-state index is 12.2. The van der Waals surface area contributed by atoms with Gasteiger partial charge in [0.05, 0.1) is 12.3 Å². The molecule has 0 saturated carbocycles. The molecular formula is C18H19IN2O2S. The van der Waals surface area contributed by atoms with E-state index in [-0.39, 0.29) is 11.0 Å². The van der Waals surface area contributed by atoms with E-state index in [4.69, 9.17) is 17.0 Å². The number of thiocarbonyl (C=S) groups is 1. The van der Waals surface area contributed by atoms with Crippen LogP contribution in [0.1, 0.15) is 24.2 Å². The number of amides is 1. The van der Waals surface area contributed by atoms with Gasteiger partial charge >= 0.3 is 0 Å². The Morgan fingerprint density at radius 2 is 1.96 bits per heavy atom. The lowest BCUT2D eigenvalue weighted by atomic mass is 10.2. The third-order valence-corrected chi connectivity index (χ3v) is 3.90. The predicted octanol–water partition coefficient (Wildman–Crippen LogP) is 4.45. The van der Waals surface area contributed by atoms with Crippen LogP contribution in [0, 0.1) is 9.49 Å². The second-order valence-corrected chi connectivity index (χ2v) is 7.27. The summed E-state index contributed by atoms with van der Waals surface area (Å²) in [5.41, 5.74) is 1.29. The molecule has 24 heavy (non-hydrogen) atoms. The maximum atomic E-state index is 12.2. The molecule has 0 aliphatic heterocycles. The molecule has 0 saturated heterocycles. The van der Waals surface area contributed by atoms with Crippen LogP contribution >= 0.6 is 34.8 Å². The van der Waals surface area contributed by atoms with Crippen molar-refractivity contribution in [1.82, 2.24) is 5.32 Å². The van der Waals surface area contributed by atoms with Gasteiger partial charge in [-0.15, -0.1) is 0 Å². The SMILES string of the molecule is CC(C)COc1ccccc1NC(=S)NC(=O)c1cccc(I)c1. The third kappa shape index (κ3) is 5.76. The molecule has 0 unspecified atom stereocenters. The fourth-order valence-corrected chi connectivity index (χ4v) is 2.66. The largest absolute Gasteiger partial charge is 0.491 e. The number of halogens is 1. The zero-order chi connectivity index (χ0) is 17.5. The second kappa shape index (κ2) is 8.98. The summed E-state index contributed by atoms with van der Waals surface area (Å²) in [7, 11) is 0. The molecule has 2 N–H and O–H groups in total. The molecule has 0 atom stereocenters. The Morgan fingerprint density at radius 1 is 1.21 bits per heavy atom. The Hall–Kier alpha value is -1.67. The predicted molar refractivity (Wildman–Crippen MR) is 110 cm³/mol. The highest BCUT2D eigenvalue weighted by molar-refractivity contribution is 14.1. The van der Waals surface area contributed by atoms with Crippen molar-refractivity contribution in [3.63, 3.8) is 0 Å². The van der Waals surface area contributed by atoms with E-state index in [1.54, 1.807) is 12.1 Å². The first-order valence-corrected chi connectivity index (χ1v) is 9.04. The van der Waals surface area contributed by atoms with Crippen molar-refractivity contribution in [2.75, 3.05) is 11.9 Å². The maximum Gasteiger partial charge on any atom is 0.257 e. The van der Waals surface area contributed by atoms with Crippen LogP contribution in [0.25, 0.3) is 0 Å². The van der Waals surface area contributed by atoms with Gasteiger partial charge in [-0.2, -0.15) is 0 Å². The number of benzene rings is 2. The summed E-state index contributed by atoms with van der Waals surface area (Å²) >= 11 is 7.40. The Bertz CT molecular complexity index is 734. The molecule has 0 spiro atoms. The molecule has 6 heteroatoms. The molecule has 0 bridgehead atoms. The van der Waals surface area contributed by atoms with Crippen molar-refractivity contribution in [3.8, 4) is 5.75 Å². The summed E-state index contributed by atoms with van der Waals surface area (Å²) in [6.07, 6.45) is 0. The van der Waals surface area contributed by atoms with Crippen LogP contribution in [0.5, 0.6) is 5.75 Å². The van der Waals surface area contributed by atoms with Crippen LogP contribution in [-0.2, 0) is 0 Å². The van der Waals surface area contributed by atoms with E-state index in [1.807, 2.05) is 36.4 Å². The van der Waals surface area contributed by atoms with Gasteiger partial charge in [-0.1, -0.05) is 32.0 Å². The second-order valence-electron chi connectivity index (χ2n) is 5.62. The van der Waals surface area contributed by atoms with Gasteiger partial charge in [0, 0.05) is 9.13 Å². The van der Waals surface area contributed by atoms with Crippen molar-refractivity contribution in [2.45, 2.75) is 13.8 Å². The first-order valence-electron chi connectivity index (χ1n) is 7.55. The summed E-state index contributed by atoms with van der Waals surface area (Å²) in [5.74, 6) is 0.883. The van der Waals surface area contributed by atoms with Gasteiger partial charge in [0.1, 0.15) is 5.75 Å². The van der Waals surface area contributed by atoms with Crippen LogP contribution in [0.2, 0.25) is 0 Å². The number of carbonyl (C=O) groups excluding carboxylic acids is 1. The third-order valence-electron chi connectivity index (χ3n) is 3.02. The Labute approximate surface area is 161 Å². The fraction of sp³-hybridized carbons (Fsp3) is 0.222. The molecule has 126 valence electrons.